The molecule has 2 saturated carbocycles. The van der Waals surface area contributed by atoms with Gasteiger partial charge in [0.1, 0.15) is 11.6 Å². The van der Waals surface area contributed by atoms with Crippen molar-refractivity contribution in [3.05, 3.63) is 35.4 Å². The number of hydrogen-bond acceptors (Lipinski definition) is 1. The molecule has 1 nitrogen and oxygen atoms in total. The van der Waals surface area contributed by atoms with Gasteiger partial charge in [-0.05, 0) is 67.7 Å². The predicted octanol–water partition coefficient (Wildman–Crippen LogP) is 3.84. The first kappa shape index (κ1) is 13.0. The second-order valence-corrected chi connectivity index (χ2v) is 6.33. The monoisotopic (exact) mass is 266 g/mol. The van der Waals surface area contributed by atoms with Gasteiger partial charge in [-0.25, -0.2) is 8.78 Å². The van der Waals surface area contributed by atoms with Gasteiger partial charge in [0.05, 0.1) is 5.60 Å². The molecule has 0 heterocycles. The second-order valence-electron chi connectivity index (χ2n) is 6.33. The zero-order valence-corrected chi connectivity index (χ0v) is 11.0. The Morgan fingerprint density at radius 1 is 1.16 bits per heavy atom. The van der Waals surface area contributed by atoms with Crippen LogP contribution < -0.4 is 0 Å². The average molecular weight is 266 g/mol. The Labute approximate surface area is 112 Å². The Morgan fingerprint density at radius 3 is 2.68 bits per heavy atom. The van der Waals surface area contributed by atoms with E-state index in [2.05, 4.69) is 0 Å². The lowest BCUT2D eigenvalue weighted by atomic mass is 9.73. The first-order valence-corrected chi connectivity index (χ1v) is 7.22. The highest BCUT2D eigenvalue weighted by Crippen LogP contribution is 2.47. The van der Waals surface area contributed by atoms with Gasteiger partial charge in [-0.1, -0.05) is 6.42 Å². The van der Waals surface area contributed by atoms with Crippen LogP contribution in [0.1, 0.15) is 44.1 Å². The van der Waals surface area contributed by atoms with E-state index in [1.54, 1.807) is 0 Å². The summed E-state index contributed by atoms with van der Waals surface area (Å²) < 4.78 is 26.9. The van der Waals surface area contributed by atoms with Crippen LogP contribution in [0.2, 0.25) is 0 Å². The highest BCUT2D eigenvalue weighted by Gasteiger charge is 2.41. The summed E-state index contributed by atoms with van der Waals surface area (Å²) in [5.74, 6) is 0.498. The zero-order chi connectivity index (χ0) is 13.5. The topological polar surface area (TPSA) is 20.2 Å². The summed E-state index contributed by atoms with van der Waals surface area (Å²) in [7, 11) is 0. The van der Waals surface area contributed by atoms with Crippen LogP contribution in [0, 0.1) is 23.5 Å². The molecule has 0 amide bonds. The van der Waals surface area contributed by atoms with Gasteiger partial charge in [0.15, 0.2) is 0 Å². The average Bonchev–Trinajstić information content (AvgIpc) is 3.18. The third kappa shape index (κ3) is 2.97. The van der Waals surface area contributed by atoms with Gasteiger partial charge in [-0.3, -0.25) is 0 Å². The van der Waals surface area contributed by atoms with Crippen molar-refractivity contribution < 1.29 is 13.9 Å². The Hall–Kier alpha value is -0.960. The SMILES string of the molecule is OC1(Cc2cc(F)ccc2F)CCCC(C2CC2)C1. The molecule has 1 aromatic carbocycles. The number of rotatable bonds is 3. The van der Waals surface area contributed by atoms with Crippen molar-refractivity contribution in [2.24, 2.45) is 11.8 Å². The molecule has 2 aliphatic carbocycles. The number of benzene rings is 1. The summed E-state index contributed by atoms with van der Waals surface area (Å²) in [4.78, 5) is 0. The first-order valence-electron chi connectivity index (χ1n) is 7.22. The molecule has 2 aliphatic rings. The number of aliphatic hydroxyl groups is 1. The Kier molecular flexibility index (Phi) is 3.34. The lowest BCUT2D eigenvalue weighted by molar-refractivity contribution is -0.0202. The molecular weight excluding hydrogens is 246 g/mol. The van der Waals surface area contributed by atoms with Gasteiger partial charge in [0, 0.05) is 6.42 Å². The van der Waals surface area contributed by atoms with E-state index in [-0.39, 0.29) is 6.42 Å². The Morgan fingerprint density at radius 2 is 1.95 bits per heavy atom. The zero-order valence-electron chi connectivity index (χ0n) is 11.0. The number of hydrogen-bond donors (Lipinski definition) is 1. The minimum atomic E-state index is -0.847. The van der Waals surface area contributed by atoms with Gasteiger partial charge in [-0.2, -0.15) is 0 Å². The van der Waals surface area contributed by atoms with Crippen molar-refractivity contribution in [2.45, 2.75) is 50.5 Å². The van der Waals surface area contributed by atoms with Crippen LogP contribution in [0.3, 0.4) is 0 Å². The summed E-state index contributed by atoms with van der Waals surface area (Å²) in [6, 6.07) is 3.49. The molecule has 0 aromatic heterocycles. The summed E-state index contributed by atoms with van der Waals surface area (Å²) in [5.41, 5.74) is -0.543. The standard InChI is InChI=1S/C16H20F2O/c17-14-5-6-15(18)13(8-14)10-16(19)7-1-2-12(9-16)11-3-4-11/h5-6,8,11-12,19H,1-4,7,9-10H2. The molecule has 0 spiro atoms. The summed E-state index contributed by atoms with van der Waals surface area (Å²) in [5, 5.41) is 10.7. The van der Waals surface area contributed by atoms with Crippen LogP contribution in [0.4, 0.5) is 8.78 Å². The van der Waals surface area contributed by atoms with Gasteiger partial charge < -0.3 is 5.11 Å². The van der Waals surface area contributed by atoms with Crippen LogP contribution in [-0.2, 0) is 6.42 Å². The molecule has 0 bridgehead atoms. The van der Waals surface area contributed by atoms with E-state index in [0.717, 1.165) is 30.9 Å². The molecule has 0 radical (unpaired) electrons. The van der Waals surface area contributed by atoms with E-state index in [1.807, 2.05) is 0 Å². The van der Waals surface area contributed by atoms with E-state index in [4.69, 9.17) is 0 Å². The van der Waals surface area contributed by atoms with Gasteiger partial charge >= 0.3 is 0 Å². The van der Waals surface area contributed by atoms with Crippen LogP contribution in [0.5, 0.6) is 0 Å². The van der Waals surface area contributed by atoms with Gasteiger partial charge in [0.25, 0.3) is 0 Å². The maximum atomic E-state index is 13.7. The van der Waals surface area contributed by atoms with Gasteiger partial charge in [0.2, 0.25) is 0 Å². The minimum absolute atomic E-state index is 0.236. The fourth-order valence-electron chi connectivity index (χ4n) is 3.55. The van der Waals surface area contributed by atoms with Crippen molar-refractivity contribution in [1.82, 2.24) is 0 Å². The molecule has 1 aromatic rings. The predicted molar refractivity (Wildman–Crippen MR) is 69.7 cm³/mol. The van der Waals surface area contributed by atoms with Crippen LogP contribution in [0.15, 0.2) is 18.2 Å². The molecule has 19 heavy (non-hydrogen) atoms. The minimum Gasteiger partial charge on any atom is -0.390 e. The normalized spacial score (nSPS) is 31.4. The molecule has 3 heteroatoms. The van der Waals surface area contributed by atoms with Gasteiger partial charge in [-0.15, -0.1) is 0 Å². The fourth-order valence-corrected chi connectivity index (χ4v) is 3.55. The van der Waals surface area contributed by atoms with Crippen molar-refractivity contribution in [1.29, 1.82) is 0 Å². The quantitative estimate of drug-likeness (QED) is 0.881. The lowest BCUT2D eigenvalue weighted by Gasteiger charge is -2.37. The highest BCUT2D eigenvalue weighted by atomic mass is 19.1. The maximum Gasteiger partial charge on any atom is 0.126 e. The first-order chi connectivity index (χ1) is 9.06. The van der Waals surface area contributed by atoms with E-state index in [9.17, 15) is 13.9 Å². The molecule has 0 aliphatic heterocycles. The largest absolute Gasteiger partial charge is 0.390 e. The molecule has 1 N–H and O–H groups in total. The van der Waals surface area contributed by atoms with E-state index in [0.29, 0.717) is 17.9 Å². The van der Waals surface area contributed by atoms with Crippen LogP contribution in [-0.4, -0.2) is 10.7 Å². The van der Waals surface area contributed by atoms with E-state index in [1.165, 1.54) is 25.3 Å². The molecule has 104 valence electrons. The summed E-state index contributed by atoms with van der Waals surface area (Å²) >= 11 is 0. The molecule has 2 unspecified atom stereocenters. The smallest absolute Gasteiger partial charge is 0.126 e. The molecule has 2 fully saturated rings. The molecular formula is C16H20F2O. The van der Waals surface area contributed by atoms with E-state index < -0.39 is 17.2 Å². The van der Waals surface area contributed by atoms with Crippen molar-refractivity contribution in [2.75, 3.05) is 0 Å². The van der Waals surface area contributed by atoms with Crippen molar-refractivity contribution >= 4 is 0 Å². The Balaban J connectivity index is 1.74. The lowest BCUT2D eigenvalue weighted by Crippen LogP contribution is -2.38. The Bertz CT molecular complexity index is 470. The van der Waals surface area contributed by atoms with Crippen molar-refractivity contribution in [3.8, 4) is 0 Å². The summed E-state index contributed by atoms with van der Waals surface area (Å²) in [6.45, 7) is 0. The van der Waals surface area contributed by atoms with Crippen LogP contribution >= 0.6 is 0 Å². The fraction of sp³-hybridized carbons (Fsp3) is 0.625. The second kappa shape index (κ2) is 4.86. The summed E-state index contributed by atoms with van der Waals surface area (Å²) in [6.07, 6.45) is 6.40. The molecule has 2 atom stereocenters. The van der Waals surface area contributed by atoms with Crippen molar-refractivity contribution in [3.63, 3.8) is 0 Å². The third-order valence-electron chi connectivity index (χ3n) is 4.68. The number of halogens is 2. The van der Waals surface area contributed by atoms with E-state index >= 15 is 0 Å². The highest BCUT2D eigenvalue weighted by molar-refractivity contribution is 5.21. The molecule has 0 saturated heterocycles. The molecule has 3 rings (SSSR count). The van der Waals surface area contributed by atoms with Crippen LogP contribution in [0.25, 0.3) is 0 Å². The third-order valence-corrected chi connectivity index (χ3v) is 4.68. The maximum absolute atomic E-state index is 13.7.